The monoisotopic (exact) mass is 314 g/mol. The van der Waals surface area contributed by atoms with Gasteiger partial charge in [-0.05, 0) is 0 Å². The summed E-state index contributed by atoms with van der Waals surface area (Å²) in [5, 5.41) is 10.1. The summed E-state index contributed by atoms with van der Waals surface area (Å²) in [6.07, 6.45) is 11.3. The van der Waals surface area contributed by atoms with E-state index in [2.05, 4.69) is 45.2 Å². The van der Waals surface area contributed by atoms with Gasteiger partial charge in [0.25, 0.3) is 0 Å². The predicted molar refractivity (Wildman–Crippen MR) is 76.5 cm³/mol. The molecule has 18 heavy (non-hydrogen) atoms. The molecular formula is C15H24NOSe. The fourth-order valence-electron chi connectivity index (χ4n) is 2.53. The van der Waals surface area contributed by atoms with E-state index in [0.717, 1.165) is 6.42 Å². The van der Waals surface area contributed by atoms with Gasteiger partial charge in [0.05, 0.1) is 0 Å². The normalized spacial score (nSPS) is 33.2. The number of hydrogen-bond donors (Lipinski definition) is 1. The molecule has 0 amide bonds. The molecule has 0 aromatic heterocycles. The molecular weight excluding hydrogens is 289 g/mol. The van der Waals surface area contributed by atoms with Crippen molar-refractivity contribution in [3.8, 4) is 0 Å². The van der Waals surface area contributed by atoms with E-state index in [9.17, 15) is 5.11 Å². The number of aliphatic hydroxyl groups excluding tert-OH is 1. The van der Waals surface area contributed by atoms with Crippen LogP contribution in [0.3, 0.4) is 0 Å². The Balaban J connectivity index is 1.90. The van der Waals surface area contributed by atoms with Crippen molar-refractivity contribution in [3.63, 3.8) is 0 Å². The van der Waals surface area contributed by atoms with Crippen molar-refractivity contribution in [1.82, 2.24) is 4.90 Å². The van der Waals surface area contributed by atoms with Crippen LogP contribution in [0.15, 0.2) is 0 Å². The summed E-state index contributed by atoms with van der Waals surface area (Å²) in [4.78, 5) is 4.28. The van der Waals surface area contributed by atoms with Gasteiger partial charge in [-0.3, -0.25) is 0 Å². The average molecular weight is 313 g/mol. The molecule has 0 saturated heterocycles. The predicted octanol–water partition coefficient (Wildman–Crippen LogP) is 2.10. The van der Waals surface area contributed by atoms with Gasteiger partial charge in [0, 0.05) is 0 Å². The van der Waals surface area contributed by atoms with Gasteiger partial charge in [0.1, 0.15) is 0 Å². The Hall–Kier alpha value is 0.439. The van der Waals surface area contributed by atoms with Crippen molar-refractivity contribution < 1.29 is 5.11 Å². The minimum absolute atomic E-state index is 0.0591. The molecule has 3 atom stereocenters. The summed E-state index contributed by atoms with van der Waals surface area (Å²) >= 11 is 0.420. The maximum absolute atomic E-state index is 10.1. The second kappa shape index (κ2) is 6.74. The Morgan fingerprint density at radius 2 is 2.00 bits per heavy atom. The molecule has 1 N–H and O–H groups in total. The van der Waals surface area contributed by atoms with E-state index >= 15 is 0 Å². The molecule has 2 nitrogen and oxygen atoms in total. The van der Waals surface area contributed by atoms with Crippen molar-refractivity contribution >= 4 is 15.0 Å². The number of hydrogen-bond acceptors (Lipinski definition) is 2. The van der Waals surface area contributed by atoms with E-state index in [1.807, 2.05) is 0 Å². The van der Waals surface area contributed by atoms with Crippen LogP contribution in [0.5, 0.6) is 0 Å². The molecule has 0 heterocycles. The molecule has 2 rings (SSSR count). The fraction of sp³-hybridized carbons (Fsp3) is 0.667. The molecule has 0 spiro atoms. The van der Waals surface area contributed by atoms with Crippen molar-refractivity contribution in [2.24, 2.45) is 0 Å². The summed E-state index contributed by atoms with van der Waals surface area (Å²) in [7, 11) is 4.26. The summed E-state index contributed by atoms with van der Waals surface area (Å²) in [6, 6.07) is 0.470. The van der Waals surface area contributed by atoms with Gasteiger partial charge in [-0.15, -0.1) is 0 Å². The first-order chi connectivity index (χ1) is 8.59. The third-order valence-electron chi connectivity index (χ3n) is 3.98. The molecule has 3 heteroatoms. The Kier molecular flexibility index (Phi) is 5.56. The maximum atomic E-state index is 10.1. The Morgan fingerprint density at radius 1 is 1.28 bits per heavy atom. The van der Waals surface area contributed by atoms with Crippen LogP contribution in [0.2, 0.25) is 4.82 Å². The Bertz CT molecular complexity index is 259. The molecule has 0 aromatic rings. The molecule has 2 fully saturated rings. The first-order valence-electron chi connectivity index (χ1n) is 6.86. The van der Waals surface area contributed by atoms with Crippen LogP contribution in [0.4, 0.5) is 0 Å². The van der Waals surface area contributed by atoms with E-state index < -0.39 is 0 Å². The molecule has 2 saturated carbocycles. The van der Waals surface area contributed by atoms with Gasteiger partial charge in [-0.1, -0.05) is 0 Å². The van der Waals surface area contributed by atoms with Gasteiger partial charge in [-0.2, -0.15) is 0 Å². The van der Waals surface area contributed by atoms with E-state index in [1.165, 1.54) is 30.0 Å². The number of rotatable bonds is 4. The molecule has 2 aliphatic carbocycles. The average Bonchev–Trinajstić information content (AvgIpc) is 2.79. The summed E-state index contributed by atoms with van der Waals surface area (Å²) in [6.45, 7) is 2.26. The van der Waals surface area contributed by atoms with Crippen LogP contribution in [-0.4, -0.2) is 51.2 Å². The summed E-state index contributed by atoms with van der Waals surface area (Å²) < 4.78 is 0. The van der Waals surface area contributed by atoms with Crippen molar-refractivity contribution in [2.75, 3.05) is 14.1 Å². The van der Waals surface area contributed by atoms with E-state index in [1.54, 1.807) is 0 Å². The molecule has 2 aliphatic rings. The van der Waals surface area contributed by atoms with Gasteiger partial charge in [0.15, 0.2) is 0 Å². The zero-order chi connectivity index (χ0) is 13.1. The molecule has 101 valence electrons. The standard InChI is InChI=1S/C15H24NOSe/c1-11(16(2)3)12-7-6-10-14(12)18-15-9-5-4-8-13(15)17/h6-7,10-11,13,15,17H,4-5,8-9H2,1-3H3/t11?,13-,15-/m0/s1. The minimum atomic E-state index is -0.0591. The van der Waals surface area contributed by atoms with Crippen LogP contribution in [0.1, 0.15) is 32.6 Å². The fourth-order valence-corrected chi connectivity index (χ4v) is 5.54. The molecule has 0 bridgehead atoms. The van der Waals surface area contributed by atoms with Crippen LogP contribution in [0, 0.1) is 30.0 Å². The van der Waals surface area contributed by atoms with Gasteiger partial charge in [0.2, 0.25) is 0 Å². The first kappa shape index (κ1) is 14.8. The van der Waals surface area contributed by atoms with E-state index in [0.29, 0.717) is 25.8 Å². The third kappa shape index (κ3) is 3.50. The van der Waals surface area contributed by atoms with Crippen LogP contribution in [0.25, 0.3) is 0 Å². The quantitative estimate of drug-likeness (QED) is 0.804. The third-order valence-corrected chi connectivity index (χ3v) is 7.08. The van der Waals surface area contributed by atoms with Crippen LogP contribution < -0.4 is 0 Å². The van der Waals surface area contributed by atoms with E-state index in [4.69, 9.17) is 0 Å². The van der Waals surface area contributed by atoms with Gasteiger partial charge in [-0.25, -0.2) is 0 Å². The zero-order valence-electron chi connectivity index (χ0n) is 11.6. The van der Waals surface area contributed by atoms with Gasteiger partial charge >= 0.3 is 119 Å². The van der Waals surface area contributed by atoms with Gasteiger partial charge < -0.3 is 0 Å². The molecule has 5 radical (unpaired) electrons. The topological polar surface area (TPSA) is 23.5 Å². The van der Waals surface area contributed by atoms with Crippen LogP contribution in [-0.2, 0) is 0 Å². The van der Waals surface area contributed by atoms with Crippen LogP contribution >= 0.6 is 0 Å². The number of nitrogens with zero attached hydrogens (tertiary/aromatic N) is 1. The SMILES string of the molecule is CC([C]1[CH][CH][CH][C]1[Se][C@H]1CCCC[C@@H]1O)N(C)C. The second-order valence-corrected chi connectivity index (χ2v) is 8.18. The second-order valence-electron chi connectivity index (χ2n) is 5.49. The molecule has 1 unspecified atom stereocenters. The zero-order valence-corrected chi connectivity index (χ0v) is 13.3. The Labute approximate surface area is 119 Å². The first-order valence-corrected chi connectivity index (χ1v) is 8.71. The molecule has 0 aromatic carbocycles. The summed E-state index contributed by atoms with van der Waals surface area (Å²) in [5.74, 6) is 1.46. The number of aliphatic hydroxyl groups is 1. The van der Waals surface area contributed by atoms with Crippen molar-refractivity contribution in [3.05, 3.63) is 30.0 Å². The molecule has 0 aliphatic heterocycles. The van der Waals surface area contributed by atoms with E-state index in [-0.39, 0.29) is 6.10 Å². The van der Waals surface area contributed by atoms with Crippen molar-refractivity contribution in [2.45, 2.75) is 49.6 Å². The summed E-state index contributed by atoms with van der Waals surface area (Å²) in [5.41, 5.74) is 0. The van der Waals surface area contributed by atoms with Crippen molar-refractivity contribution in [1.29, 1.82) is 0 Å². The Morgan fingerprint density at radius 3 is 2.67 bits per heavy atom.